The molecule has 1 aromatic carbocycles. The molecule has 0 aromatic heterocycles. The van der Waals surface area contributed by atoms with Crippen LogP contribution < -0.4 is 10.0 Å². The van der Waals surface area contributed by atoms with Gasteiger partial charge in [0.25, 0.3) is 0 Å². The van der Waals surface area contributed by atoms with Crippen molar-refractivity contribution < 1.29 is 8.42 Å². The highest BCUT2D eigenvalue weighted by Gasteiger charge is 2.27. The van der Waals surface area contributed by atoms with Gasteiger partial charge in [0.2, 0.25) is 10.0 Å². The predicted octanol–water partition coefficient (Wildman–Crippen LogP) is 2.49. The maximum Gasteiger partial charge on any atom is 0.241 e. The maximum atomic E-state index is 12.6. The molecule has 0 spiro atoms. The lowest BCUT2D eigenvalue weighted by Gasteiger charge is -2.17. The van der Waals surface area contributed by atoms with Crippen LogP contribution in [0.5, 0.6) is 0 Å². The zero-order chi connectivity index (χ0) is 15.6. The molecule has 0 heterocycles. The van der Waals surface area contributed by atoms with Crippen molar-refractivity contribution in [3.05, 3.63) is 28.8 Å². The van der Waals surface area contributed by atoms with Crippen molar-refractivity contribution in [1.29, 1.82) is 0 Å². The van der Waals surface area contributed by atoms with Gasteiger partial charge in [-0.25, -0.2) is 13.1 Å². The molecular formula is C16H26N2O2S. The molecule has 1 fully saturated rings. The van der Waals surface area contributed by atoms with Gasteiger partial charge < -0.3 is 5.32 Å². The van der Waals surface area contributed by atoms with Crippen LogP contribution in [0.15, 0.2) is 17.0 Å². The lowest BCUT2D eigenvalue weighted by molar-refractivity contribution is 0.529. The molecule has 2 rings (SSSR count). The van der Waals surface area contributed by atoms with E-state index >= 15 is 0 Å². The van der Waals surface area contributed by atoms with E-state index in [1.165, 1.54) is 12.8 Å². The lowest BCUT2D eigenvalue weighted by Crippen LogP contribution is -2.33. The molecule has 0 aliphatic heterocycles. The van der Waals surface area contributed by atoms with E-state index in [1.807, 2.05) is 33.9 Å². The number of rotatable bonds is 7. The van der Waals surface area contributed by atoms with Gasteiger partial charge in [0, 0.05) is 12.6 Å². The fourth-order valence-electron chi connectivity index (χ4n) is 2.71. The van der Waals surface area contributed by atoms with Gasteiger partial charge in [-0.1, -0.05) is 18.9 Å². The molecule has 21 heavy (non-hydrogen) atoms. The van der Waals surface area contributed by atoms with Gasteiger partial charge in [0.15, 0.2) is 0 Å². The van der Waals surface area contributed by atoms with E-state index in [4.69, 9.17) is 0 Å². The van der Waals surface area contributed by atoms with Crippen LogP contribution in [0.25, 0.3) is 0 Å². The number of nitrogens with one attached hydrogen (secondary N) is 2. The van der Waals surface area contributed by atoms with E-state index in [-0.39, 0.29) is 6.04 Å². The van der Waals surface area contributed by atoms with Crippen molar-refractivity contribution >= 4 is 10.0 Å². The molecule has 5 heteroatoms. The van der Waals surface area contributed by atoms with Crippen molar-refractivity contribution in [2.75, 3.05) is 7.05 Å². The third-order valence-electron chi connectivity index (χ3n) is 4.09. The van der Waals surface area contributed by atoms with Crippen LogP contribution in [0.4, 0.5) is 0 Å². The Balaban J connectivity index is 2.24. The Labute approximate surface area is 128 Å². The normalized spacial score (nSPS) is 17.0. The second kappa shape index (κ2) is 6.46. The van der Waals surface area contributed by atoms with E-state index in [0.717, 1.165) is 23.1 Å². The number of hydrogen-bond acceptors (Lipinski definition) is 3. The maximum absolute atomic E-state index is 12.6. The minimum atomic E-state index is -3.45. The van der Waals surface area contributed by atoms with Gasteiger partial charge in [0.1, 0.15) is 0 Å². The quantitative estimate of drug-likeness (QED) is 0.813. The average molecular weight is 310 g/mol. The largest absolute Gasteiger partial charge is 0.316 e. The number of aryl methyl sites for hydroxylation is 1. The van der Waals surface area contributed by atoms with Gasteiger partial charge in [-0.15, -0.1) is 0 Å². The summed E-state index contributed by atoms with van der Waals surface area (Å²) in [4.78, 5) is 0.412. The molecule has 1 atom stereocenters. The van der Waals surface area contributed by atoms with Crippen LogP contribution in [0.1, 0.15) is 42.9 Å². The van der Waals surface area contributed by atoms with E-state index < -0.39 is 10.0 Å². The summed E-state index contributed by atoms with van der Waals surface area (Å²) in [5, 5.41) is 3.07. The van der Waals surface area contributed by atoms with Gasteiger partial charge >= 0.3 is 0 Å². The van der Waals surface area contributed by atoms with Crippen LogP contribution in [-0.4, -0.2) is 21.5 Å². The Morgan fingerprint density at radius 2 is 1.95 bits per heavy atom. The molecule has 1 aliphatic carbocycles. The molecule has 1 unspecified atom stereocenters. The van der Waals surface area contributed by atoms with Crippen LogP contribution >= 0.6 is 0 Å². The summed E-state index contributed by atoms with van der Waals surface area (Å²) in [5.74, 6) is 0.709. The minimum Gasteiger partial charge on any atom is -0.316 e. The molecule has 1 saturated carbocycles. The topological polar surface area (TPSA) is 58.2 Å². The number of sulfonamides is 1. The highest BCUT2D eigenvalue weighted by molar-refractivity contribution is 7.89. The first-order valence-electron chi connectivity index (χ1n) is 7.60. The predicted molar refractivity (Wildman–Crippen MR) is 85.8 cm³/mol. The standard InChI is InChI=1S/C16H26N2O2S/c1-11-7-15(10-17-4)9-16(13(11)3)21(19,20)18-12(2)8-14-5-6-14/h7,9,12,14,17-18H,5-6,8,10H2,1-4H3. The summed E-state index contributed by atoms with van der Waals surface area (Å²) >= 11 is 0. The van der Waals surface area contributed by atoms with Gasteiger partial charge in [0.05, 0.1) is 4.90 Å². The summed E-state index contributed by atoms with van der Waals surface area (Å²) in [6.07, 6.45) is 3.41. The van der Waals surface area contributed by atoms with Crippen molar-refractivity contribution in [1.82, 2.24) is 10.0 Å². The smallest absolute Gasteiger partial charge is 0.241 e. The first kappa shape index (κ1) is 16.5. The molecule has 4 nitrogen and oxygen atoms in total. The highest BCUT2D eigenvalue weighted by atomic mass is 32.2. The zero-order valence-corrected chi connectivity index (χ0v) is 14.2. The molecule has 1 aromatic rings. The SMILES string of the molecule is CNCc1cc(C)c(C)c(S(=O)(=O)NC(C)CC2CC2)c1. The highest BCUT2D eigenvalue weighted by Crippen LogP contribution is 2.33. The monoisotopic (exact) mass is 310 g/mol. The second-order valence-electron chi connectivity index (χ2n) is 6.27. The van der Waals surface area contributed by atoms with E-state index in [9.17, 15) is 8.42 Å². The molecule has 1 aliphatic rings. The van der Waals surface area contributed by atoms with Crippen LogP contribution in [0.3, 0.4) is 0 Å². The molecule has 2 N–H and O–H groups in total. The van der Waals surface area contributed by atoms with Crippen molar-refractivity contribution in [2.24, 2.45) is 5.92 Å². The Morgan fingerprint density at radius 1 is 1.29 bits per heavy atom. The van der Waals surface area contributed by atoms with Gasteiger partial charge in [-0.05, 0) is 62.9 Å². The third kappa shape index (κ3) is 4.28. The average Bonchev–Trinajstić information content (AvgIpc) is 3.16. The number of benzene rings is 1. The van der Waals surface area contributed by atoms with Crippen LogP contribution in [0.2, 0.25) is 0 Å². The summed E-state index contributed by atoms with van der Waals surface area (Å²) < 4.78 is 28.1. The molecule has 0 amide bonds. The molecule has 0 radical (unpaired) electrons. The Bertz CT molecular complexity index is 607. The first-order valence-corrected chi connectivity index (χ1v) is 9.09. The fraction of sp³-hybridized carbons (Fsp3) is 0.625. The Hall–Kier alpha value is -0.910. The van der Waals surface area contributed by atoms with Gasteiger partial charge in [-0.2, -0.15) is 0 Å². The fourth-order valence-corrected chi connectivity index (χ4v) is 4.34. The minimum absolute atomic E-state index is 0.00448. The van der Waals surface area contributed by atoms with E-state index in [0.29, 0.717) is 17.4 Å². The summed E-state index contributed by atoms with van der Waals surface area (Å²) in [6.45, 7) is 6.45. The van der Waals surface area contributed by atoms with Crippen molar-refractivity contribution in [2.45, 2.75) is 57.5 Å². The van der Waals surface area contributed by atoms with Crippen molar-refractivity contribution in [3.63, 3.8) is 0 Å². The van der Waals surface area contributed by atoms with Crippen LogP contribution in [0, 0.1) is 19.8 Å². The van der Waals surface area contributed by atoms with Gasteiger partial charge in [-0.3, -0.25) is 0 Å². The number of hydrogen-bond donors (Lipinski definition) is 2. The first-order chi connectivity index (χ1) is 9.83. The third-order valence-corrected chi connectivity index (χ3v) is 5.81. The van der Waals surface area contributed by atoms with E-state index in [2.05, 4.69) is 10.0 Å². The molecule has 0 saturated heterocycles. The molecule has 0 bridgehead atoms. The Kier molecular flexibility index (Phi) is 5.07. The van der Waals surface area contributed by atoms with E-state index in [1.54, 1.807) is 6.07 Å². The van der Waals surface area contributed by atoms with Crippen LogP contribution in [-0.2, 0) is 16.6 Å². The molecule has 118 valence electrons. The molecular weight excluding hydrogens is 284 g/mol. The summed E-state index contributed by atoms with van der Waals surface area (Å²) in [5.41, 5.74) is 2.84. The summed E-state index contributed by atoms with van der Waals surface area (Å²) in [7, 11) is -1.59. The zero-order valence-electron chi connectivity index (χ0n) is 13.4. The van der Waals surface area contributed by atoms with Crippen molar-refractivity contribution in [3.8, 4) is 0 Å². The summed E-state index contributed by atoms with van der Waals surface area (Å²) in [6, 6.07) is 3.82. The second-order valence-corrected chi connectivity index (χ2v) is 7.95. The lowest BCUT2D eigenvalue weighted by atomic mass is 10.1. The Morgan fingerprint density at radius 3 is 2.52 bits per heavy atom.